The Balaban J connectivity index is 2.83. The summed E-state index contributed by atoms with van der Waals surface area (Å²) >= 11 is 0. The molecule has 0 atom stereocenters. The molecule has 1 heterocycles. The molecule has 4 heteroatoms. The molecule has 0 saturated heterocycles. The molecule has 0 aliphatic heterocycles. The zero-order chi connectivity index (χ0) is 10.6. The lowest BCUT2D eigenvalue weighted by molar-refractivity contribution is 0.0519. The number of aromatic nitrogens is 2. The number of hydrogen-bond acceptors (Lipinski definition) is 3. The van der Waals surface area contributed by atoms with Gasteiger partial charge in [0.25, 0.3) is 0 Å². The van der Waals surface area contributed by atoms with Crippen LogP contribution in [0.25, 0.3) is 0 Å². The number of carbonyl (C=O) groups is 1. The summed E-state index contributed by atoms with van der Waals surface area (Å²) in [5.74, 6) is -0.333. The van der Waals surface area contributed by atoms with Crippen molar-refractivity contribution in [2.24, 2.45) is 0 Å². The third-order valence-corrected chi connectivity index (χ3v) is 2.03. The first kappa shape index (κ1) is 10.8. The van der Waals surface area contributed by atoms with E-state index in [1.54, 1.807) is 13.3 Å². The highest BCUT2D eigenvalue weighted by Crippen LogP contribution is 2.08. The lowest BCUT2D eigenvalue weighted by atomic mass is 10.3. The molecule has 0 spiro atoms. The van der Waals surface area contributed by atoms with E-state index < -0.39 is 0 Å². The zero-order valence-electron chi connectivity index (χ0n) is 8.91. The fraction of sp³-hybridized carbons (Fsp3) is 0.600. The van der Waals surface area contributed by atoms with Crippen molar-refractivity contribution in [3.8, 4) is 0 Å². The van der Waals surface area contributed by atoms with E-state index in [-0.39, 0.29) is 5.97 Å². The van der Waals surface area contributed by atoms with Crippen LogP contribution in [-0.4, -0.2) is 22.1 Å². The van der Waals surface area contributed by atoms with E-state index in [0.717, 1.165) is 18.7 Å². The van der Waals surface area contributed by atoms with E-state index >= 15 is 0 Å². The van der Waals surface area contributed by atoms with Crippen LogP contribution in [0.1, 0.15) is 36.5 Å². The van der Waals surface area contributed by atoms with E-state index in [0.29, 0.717) is 12.3 Å². The van der Waals surface area contributed by atoms with Gasteiger partial charge >= 0.3 is 5.97 Å². The topological polar surface area (TPSA) is 44.1 Å². The maximum atomic E-state index is 11.4. The smallest absolute Gasteiger partial charge is 0.358 e. The molecule has 0 bridgehead atoms. The Morgan fingerprint density at radius 2 is 2.29 bits per heavy atom. The molecular formula is C10H16N2O2. The first-order valence-electron chi connectivity index (χ1n) is 4.89. The van der Waals surface area contributed by atoms with Gasteiger partial charge in [0.15, 0.2) is 5.69 Å². The highest BCUT2D eigenvalue weighted by Gasteiger charge is 2.14. The van der Waals surface area contributed by atoms with E-state index in [1.807, 2.05) is 11.5 Å². The van der Waals surface area contributed by atoms with E-state index in [4.69, 9.17) is 4.74 Å². The zero-order valence-corrected chi connectivity index (χ0v) is 8.91. The predicted octanol–water partition coefficient (Wildman–Crippen LogP) is 1.78. The average Bonchev–Trinajstić information content (AvgIpc) is 2.49. The first-order valence-corrected chi connectivity index (χ1v) is 4.89. The molecule has 78 valence electrons. The molecule has 0 amide bonds. The van der Waals surface area contributed by atoms with Crippen molar-refractivity contribution in [1.82, 2.24) is 9.55 Å². The van der Waals surface area contributed by atoms with Crippen LogP contribution in [0.3, 0.4) is 0 Å². The van der Waals surface area contributed by atoms with Crippen molar-refractivity contribution in [2.75, 3.05) is 6.61 Å². The van der Waals surface area contributed by atoms with Crippen molar-refractivity contribution in [3.05, 3.63) is 17.7 Å². The summed E-state index contributed by atoms with van der Waals surface area (Å²) < 4.78 is 6.85. The van der Waals surface area contributed by atoms with Crippen molar-refractivity contribution in [3.63, 3.8) is 0 Å². The third kappa shape index (κ3) is 2.13. The first-order chi connectivity index (χ1) is 6.70. The number of imidazole rings is 1. The molecular weight excluding hydrogens is 180 g/mol. The SMILES string of the molecule is CCCn1cnc(C(=O)OCC)c1C. The van der Waals surface area contributed by atoms with Crippen molar-refractivity contribution < 1.29 is 9.53 Å². The lowest BCUT2D eigenvalue weighted by Gasteiger charge is -2.03. The molecule has 1 rings (SSSR count). The second kappa shape index (κ2) is 4.79. The maximum absolute atomic E-state index is 11.4. The highest BCUT2D eigenvalue weighted by atomic mass is 16.5. The summed E-state index contributed by atoms with van der Waals surface area (Å²) in [4.78, 5) is 15.4. The number of ether oxygens (including phenoxy) is 1. The Kier molecular flexibility index (Phi) is 3.68. The fourth-order valence-electron chi connectivity index (χ4n) is 1.31. The van der Waals surface area contributed by atoms with E-state index in [2.05, 4.69) is 11.9 Å². The van der Waals surface area contributed by atoms with Crippen LogP contribution < -0.4 is 0 Å². The van der Waals surface area contributed by atoms with Crippen molar-refractivity contribution in [2.45, 2.75) is 33.7 Å². The number of hydrogen-bond donors (Lipinski definition) is 0. The third-order valence-electron chi connectivity index (χ3n) is 2.03. The Labute approximate surface area is 83.9 Å². The van der Waals surface area contributed by atoms with Crippen LogP contribution in [0.5, 0.6) is 0 Å². The normalized spacial score (nSPS) is 10.2. The molecule has 14 heavy (non-hydrogen) atoms. The van der Waals surface area contributed by atoms with Crippen molar-refractivity contribution >= 4 is 5.97 Å². The molecule has 0 aromatic carbocycles. The van der Waals surface area contributed by atoms with Gasteiger partial charge in [-0.15, -0.1) is 0 Å². The van der Waals surface area contributed by atoms with Gasteiger partial charge in [0.2, 0.25) is 0 Å². The number of nitrogens with zero attached hydrogens (tertiary/aromatic N) is 2. The summed E-state index contributed by atoms with van der Waals surface area (Å²) in [6.07, 6.45) is 2.71. The van der Waals surface area contributed by atoms with Crippen LogP contribution in [0.4, 0.5) is 0 Å². The quantitative estimate of drug-likeness (QED) is 0.689. The summed E-state index contributed by atoms with van der Waals surface area (Å²) in [5.41, 5.74) is 1.31. The molecule has 0 aliphatic rings. The second-order valence-corrected chi connectivity index (χ2v) is 3.09. The van der Waals surface area contributed by atoms with Gasteiger partial charge in [-0.1, -0.05) is 6.92 Å². The van der Waals surface area contributed by atoms with Gasteiger partial charge in [0.05, 0.1) is 12.9 Å². The van der Waals surface area contributed by atoms with Gasteiger partial charge in [0, 0.05) is 12.2 Å². The van der Waals surface area contributed by atoms with Crippen LogP contribution >= 0.6 is 0 Å². The van der Waals surface area contributed by atoms with Gasteiger partial charge in [-0.25, -0.2) is 9.78 Å². The van der Waals surface area contributed by atoms with Gasteiger partial charge in [-0.05, 0) is 20.3 Å². The van der Waals surface area contributed by atoms with E-state index in [9.17, 15) is 4.79 Å². The molecule has 0 N–H and O–H groups in total. The summed E-state index contributed by atoms with van der Waals surface area (Å²) in [6, 6.07) is 0. The van der Waals surface area contributed by atoms with Crippen LogP contribution in [0, 0.1) is 6.92 Å². The van der Waals surface area contributed by atoms with Gasteiger partial charge in [-0.2, -0.15) is 0 Å². The Bertz CT molecular complexity index is 318. The minimum Gasteiger partial charge on any atom is -0.461 e. The molecule has 4 nitrogen and oxygen atoms in total. The predicted molar refractivity (Wildman–Crippen MR) is 53.2 cm³/mol. The van der Waals surface area contributed by atoms with Gasteiger partial charge < -0.3 is 9.30 Å². The fourth-order valence-corrected chi connectivity index (χ4v) is 1.31. The van der Waals surface area contributed by atoms with Crippen LogP contribution in [-0.2, 0) is 11.3 Å². The number of carbonyl (C=O) groups excluding carboxylic acids is 1. The summed E-state index contributed by atoms with van der Waals surface area (Å²) in [5, 5.41) is 0. The van der Waals surface area contributed by atoms with Crippen LogP contribution in [0.2, 0.25) is 0 Å². The Morgan fingerprint density at radius 1 is 1.57 bits per heavy atom. The molecule has 1 aromatic heterocycles. The highest BCUT2D eigenvalue weighted by molar-refractivity contribution is 5.88. The maximum Gasteiger partial charge on any atom is 0.358 e. The Morgan fingerprint density at radius 3 is 2.86 bits per heavy atom. The molecule has 0 radical (unpaired) electrons. The van der Waals surface area contributed by atoms with E-state index in [1.165, 1.54) is 0 Å². The number of esters is 1. The largest absolute Gasteiger partial charge is 0.461 e. The number of aryl methyl sites for hydroxylation is 1. The molecule has 0 unspecified atom stereocenters. The molecule has 0 aliphatic carbocycles. The minimum absolute atomic E-state index is 0.333. The minimum atomic E-state index is -0.333. The van der Waals surface area contributed by atoms with Crippen molar-refractivity contribution in [1.29, 1.82) is 0 Å². The van der Waals surface area contributed by atoms with Gasteiger partial charge in [-0.3, -0.25) is 0 Å². The molecule has 1 aromatic rings. The molecule has 0 fully saturated rings. The number of rotatable bonds is 4. The standard InChI is InChI=1S/C10H16N2O2/c1-4-6-12-7-11-9(8(12)3)10(13)14-5-2/h7H,4-6H2,1-3H3. The second-order valence-electron chi connectivity index (χ2n) is 3.09. The Hall–Kier alpha value is -1.32. The summed E-state index contributed by atoms with van der Waals surface area (Å²) in [6.45, 7) is 7.03. The van der Waals surface area contributed by atoms with Gasteiger partial charge in [0.1, 0.15) is 0 Å². The lowest BCUT2D eigenvalue weighted by Crippen LogP contribution is -2.08. The monoisotopic (exact) mass is 196 g/mol. The average molecular weight is 196 g/mol. The molecule has 0 saturated carbocycles. The summed E-state index contributed by atoms with van der Waals surface area (Å²) in [7, 11) is 0. The van der Waals surface area contributed by atoms with Crippen LogP contribution in [0.15, 0.2) is 6.33 Å².